The van der Waals surface area contributed by atoms with E-state index in [1.807, 2.05) is 24.4 Å². The number of imide groups is 1. The summed E-state index contributed by atoms with van der Waals surface area (Å²) in [4.78, 5) is 36.3. The smallest absolute Gasteiger partial charge is 0.275 e. The monoisotopic (exact) mass is 438 g/mol. The molecule has 4 aromatic heterocycles. The normalized spacial score (nSPS) is 14.1. The molecule has 0 atom stereocenters. The predicted octanol–water partition coefficient (Wildman–Crippen LogP) is 3.73. The van der Waals surface area contributed by atoms with Crippen LogP contribution in [0.1, 0.15) is 18.4 Å². The number of nitrogens with zero attached hydrogens (tertiary/aromatic N) is 5. The van der Waals surface area contributed by atoms with Crippen LogP contribution in [-0.2, 0) is 9.59 Å². The van der Waals surface area contributed by atoms with Crippen molar-refractivity contribution in [3.05, 3.63) is 40.6 Å². The summed E-state index contributed by atoms with van der Waals surface area (Å²) in [6, 6.07) is 3.82. The zero-order valence-electron chi connectivity index (χ0n) is 16.1. The van der Waals surface area contributed by atoms with E-state index in [1.54, 1.807) is 13.8 Å². The second-order valence-electron chi connectivity index (χ2n) is 6.65. The van der Waals surface area contributed by atoms with E-state index in [2.05, 4.69) is 20.6 Å². The molecule has 0 unspecified atom stereocenters. The zero-order chi connectivity index (χ0) is 21.0. The third-order valence-electron chi connectivity index (χ3n) is 4.57. The van der Waals surface area contributed by atoms with Crippen molar-refractivity contribution in [3.8, 4) is 21.5 Å². The zero-order valence-corrected chi connectivity index (χ0v) is 17.7. The number of fused-ring (bicyclic) bond motifs is 1. The van der Waals surface area contributed by atoms with Crippen molar-refractivity contribution in [3.63, 3.8) is 0 Å². The summed E-state index contributed by atoms with van der Waals surface area (Å²) >= 11 is 2.89. The average molecular weight is 438 g/mol. The highest BCUT2D eigenvalue weighted by Gasteiger charge is 2.30. The van der Waals surface area contributed by atoms with Gasteiger partial charge in [0.15, 0.2) is 11.6 Å². The summed E-state index contributed by atoms with van der Waals surface area (Å²) in [6.45, 7) is 5.21. The van der Waals surface area contributed by atoms with Crippen LogP contribution in [0, 0.1) is 13.8 Å². The Balaban J connectivity index is 1.70. The van der Waals surface area contributed by atoms with Crippen LogP contribution in [-0.4, -0.2) is 37.0 Å². The van der Waals surface area contributed by atoms with E-state index in [9.17, 15) is 9.59 Å². The number of hydrogen-bond acceptors (Lipinski definition) is 10. The highest BCUT2D eigenvalue weighted by Crippen LogP contribution is 2.41. The minimum atomic E-state index is -0.442. The van der Waals surface area contributed by atoms with E-state index in [1.165, 1.54) is 28.7 Å². The number of carbonyl (C=O) groups is 2. The van der Waals surface area contributed by atoms with Crippen LogP contribution in [0.25, 0.3) is 31.7 Å². The van der Waals surface area contributed by atoms with Gasteiger partial charge in [0.25, 0.3) is 17.7 Å². The Morgan fingerprint density at radius 1 is 1.13 bits per heavy atom. The minimum absolute atomic E-state index is 0.361. The maximum Gasteiger partial charge on any atom is 0.275 e. The Labute approximate surface area is 178 Å². The summed E-state index contributed by atoms with van der Waals surface area (Å²) in [5.74, 6) is 0.859. The van der Waals surface area contributed by atoms with Crippen molar-refractivity contribution < 1.29 is 14.0 Å². The van der Waals surface area contributed by atoms with E-state index in [4.69, 9.17) is 9.40 Å². The molecule has 0 fully saturated rings. The van der Waals surface area contributed by atoms with Crippen molar-refractivity contribution in [2.24, 2.45) is 0 Å². The molecule has 1 aliphatic heterocycles. The molecule has 0 bridgehead atoms. The van der Waals surface area contributed by atoms with Gasteiger partial charge in [0.2, 0.25) is 5.89 Å². The van der Waals surface area contributed by atoms with Crippen LogP contribution in [0.4, 0.5) is 5.82 Å². The Hall–Kier alpha value is -3.44. The summed E-state index contributed by atoms with van der Waals surface area (Å²) in [6.07, 6.45) is 1.29. The number of nitrogens with one attached hydrogen (secondary N) is 1. The molecular formula is C19H14N6O3S2. The maximum atomic E-state index is 12.4. The molecule has 1 N–H and O–H groups in total. The molecule has 2 amide bonds. The molecule has 9 nitrogen and oxygen atoms in total. The molecule has 30 heavy (non-hydrogen) atoms. The Bertz CT molecular complexity index is 1350. The van der Waals surface area contributed by atoms with Crippen LogP contribution >= 0.6 is 22.7 Å². The summed E-state index contributed by atoms with van der Waals surface area (Å²) < 4.78 is 5.60. The molecular weight excluding hydrogens is 424 g/mol. The van der Waals surface area contributed by atoms with Crippen LogP contribution in [0.15, 0.2) is 33.6 Å². The molecule has 5 heterocycles. The molecule has 0 aromatic carbocycles. The van der Waals surface area contributed by atoms with Crippen LogP contribution in [0.5, 0.6) is 0 Å². The Morgan fingerprint density at radius 3 is 2.60 bits per heavy atom. The lowest BCUT2D eigenvalue weighted by atomic mass is 10.2. The summed E-state index contributed by atoms with van der Waals surface area (Å²) in [5.41, 5.74) is 4.09. The van der Waals surface area contributed by atoms with Gasteiger partial charge < -0.3 is 4.42 Å². The van der Waals surface area contributed by atoms with Gasteiger partial charge in [0, 0.05) is 18.6 Å². The standard InChI is InChI=1S/C19H14N6O3S2/c1-8-7-12(26)25(19(8)27)24-16-13-9(2)14(17-23-22-10(3)28-17)30-18(13)21-15(20-16)11-5-4-6-29-11/h4-7H,1-3H3,(H,20,21,24). The first-order valence-corrected chi connectivity index (χ1v) is 10.6. The van der Waals surface area contributed by atoms with E-state index < -0.39 is 11.8 Å². The predicted molar refractivity (Wildman–Crippen MR) is 113 cm³/mol. The first-order chi connectivity index (χ1) is 14.4. The number of hydrazine groups is 1. The lowest BCUT2D eigenvalue weighted by Gasteiger charge is -2.17. The van der Waals surface area contributed by atoms with E-state index in [-0.39, 0.29) is 0 Å². The number of anilines is 1. The van der Waals surface area contributed by atoms with Gasteiger partial charge in [-0.05, 0) is 30.9 Å². The highest BCUT2D eigenvalue weighted by atomic mass is 32.1. The first-order valence-electron chi connectivity index (χ1n) is 8.91. The molecule has 0 radical (unpaired) electrons. The van der Waals surface area contributed by atoms with Gasteiger partial charge in [-0.15, -0.1) is 32.9 Å². The fraction of sp³-hybridized carbons (Fsp3) is 0.158. The number of rotatable bonds is 4. The van der Waals surface area contributed by atoms with Gasteiger partial charge in [0.05, 0.1) is 15.1 Å². The highest BCUT2D eigenvalue weighted by molar-refractivity contribution is 7.22. The molecule has 5 rings (SSSR count). The van der Waals surface area contributed by atoms with Crippen molar-refractivity contribution in [1.29, 1.82) is 0 Å². The number of aryl methyl sites for hydroxylation is 2. The molecule has 0 saturated carbocycles. The SMILES string of the molecule is CC1=CC(=O)N(Nc2nc(-c3cccs3)nc3sc(-c4nnc(C)o4)c(C)c23)C1=O. The Kier molecular flexibility index (Phi) is 4.22. The van der Waals surface area contributed by atoms with Crippen LogP contribution in [0.2, 0.25) is 0 Å². The van der Waals surface area contributed by atoms with Crippen molar-refractivity contribution in [2.75, 3.05) is 5.43 Å². The molecule has 150 valence electrons. The van der Waals surface area contributed by atoms with Gasteiger partial charge in [-0.25, -0.2) is 9.97 Å². The Morgan fingerprint density at radius 2 is 1.97 bits per heavy atom. The lowest BCUT2D eigenvalue weighted by Crippen LogP contribution is -2.36. The number of carbonyl (C=O) groups excluding carboxylic acids is 2. The van der Waals surface area contributed by atoms with E-state index in [0.29, 0.717) is 39.2 Å². The van der Waals surface area contributed by atoms with Gasteiger partial charge in [0.1, 0.15) is 4.83 Å². The minimum Gasteiger partial charge on any atom is -0.420 e. The third kappa shape index (κ3) is 2.90. The number of amides is 2. The average Bonchev–Trinajstić information content (AvgIpc) is 3.48. The van der Waals surface area contributed by atoms with Crippen molar-refractivity contribution in [1.82, 2.24) is 25.2 Å². The second-order valence-corrected chi connectivity index (χ2v) is 8.60. The molecule has 0 saturated heterocycles. The van der Waals surface area contributed by atoms with Crippen LogP contribution in [0.3, 0.4) is 0 Å². The van der Waals surface area contributed by atoms with Crippen LogP contribution < -0.4 is 5.43 Å². The summed E-state index contributed by atoms with van der Waals surface area (Å²) in [5, 5.41) is 11.6. The summed E-state index contributed by atoms with van der Waals surface area (Å²) in [7, 11) is 0. The second kappa shape index (κ2) is 6.82. The number of aromatic nitrogens is 4. The molecule has 11 heteroatoms. The third-order valence-corrected chi connectivity index (χ3v) is 6.61. The first kappa shape index (κ1) is 18.6. The molecule has 0 spiro atoms. The maximum absolute atomic E-state index is 12.4. The van der Waals surface area contributed by atoms with E-state index in [0.717, 1.165) is 20.3 Å². The van der Waals surface area contributed by atoms with E-state index >= 15 is 0 Å². The van der Waals surface area contributed by atoms with Crippen molar-refractivity contribution >= 4 is 50.5 Å². The van der Waals surface area contributed by atoms with Gasteiger partial charge in [-0.2, -0.15) is 5.01 Å². The number of hydrogen-bond donors (Lipinski definition) is 1. The lowest BCUT2D eigenvalue weighted by molar-refractivity contribution is -0.135. The number of thiophene rings is 2. The largest absolute Gasteiger partial charge is 0.420 e. The quantitative estimate of drug-likeness (QED) is 0.480. The molecule has 4 aromatic rings. The van der Waals surface area contributed by atoms with Gasteiger partial charge in [-0.1, -0.05) is 6.07 Å². The molecule has 1 aliphatic rings. The van der Waals surface area contributed by atoms with Gasteiger partial charge >= 0.3 is 0 Å². The molecule has 0 aliphatic carbocycles. The fourth-order valence-corrected chi connectivity index (χ4v) is 4.89. The van der Waals surface area contributed by atoms with Gasteiger partial charge in [-0.3, -0.25) is 15.0 Å². The van der Waals surface area contributed by atoms with Crippen molar-refractivity contribution in [2.45, 2.75) is 20.8 Å². The fourth-order valence-electron chi connectivity index (χ4n) is 3.13. The topological polar surface area (TPSA) is 114 Å².